The van der Waals surface area contributed by atoms with Crippen molar-refractivity contribution in [3.8, 4) is 0 Å². The molecule has 0 saturated heterocycles. The van der Waals surface area contributed by atoms with Gasteiger partial charge in [-0.25, -0.2) is 0 Å². The molecular weight excluding hydrogens is 493 g/mol. The Balaban J connectivity index is 0. The molecule has 0 aromatic carbocycles. The van der Waals surface area contributed by atoms with Gasteiger partial charge in [0.05, 0.1) is 0 Å². The van der Waals surface area contributed by atoms with Gasteiger partial charge < -0.3 is 0 Å². The van der Waals surface area contributed by atoms with Crippen LogP contribution in [0.2, 0.25) is 0 Å². The van der Waals surface area contributed by atoms with E-state index in [1.807, 2.05) is 0 Å². The third-order valence-corrected chi connectivity index (χ3v) is 0. The molecule has 18 valence electrons. The van der Waals surface area contributed by atoms with Gasteiger partial charge in [-0.2, -0.15) is 0 Å². The summed E-state index contributed by atoms with van der Waals surface area (Å²) in [7, 11) is 0. The molecule has 0 heterocycles. The van der Waals surface area contributed by atoms with Gasteiger partial charge in [-0.15, -0.1) is 0 Å². The van der Waals surface area contributed by atoms with E-state index in [9.17, 15) is 0 Å². The van der Waals surface area contributed by atoms with Crippen molar-refractivity contribution < 1.29 is 15.9 Å². The summed E-state index contributed by atoms with van der Waals surface area (Å²) < 4.78 is 0. The Morgan fingerprint density at radius 1 is 1.25 bits per heavy atom. The molecule has 0 aliphatic rings. The van der Waals surface area contributed by atoms with Crippen LogP contribution in [-0.4, -0.2) is 51.4 Å². The number of hydrogen-bond acceptors (Lipinski definition) is 0. The Hall–Kier alpha value is 4.03. The standard InChI is InChI=1S/Hg.2HI.K.H/h;2*1H;;/q+2;;;;/p-2. The van der Waals surface area contributed by atoms with Crippen LogP contribution in [0.25, 0.3) is 0 Å². The van der Waals surface area contributed by atoms with Crippen LogP contribution in [0, 0.1) is 0 Å². The van der Waals surface area contributed by atoms with E-state index in [2.05, 4.69) is 35.3 Å². The molecule has 0 bridgehead atoms. The van der Waals surface area contributed by atoms with Crippen LogP contribution < -0.4 is 0 Å². The van der Waals surface area contributed by atoms with Crippen LogP contribution >= 0.6 is 35.3 Å². The van der Waals surface area contributed by atoms with E-state index in [1.165, 1.54) is 0 Å². The Kier molecular flexibility index (Phi) is 27.6. The normalized spacial score (nSPS) is 2.50. The molecular formula is HHgI2K. The molecule has 0 amide bonds. The Labute approximate surface area is 98.8 Å². The van der Waals surface area contributed by atoms with E-state index in [1.54, 1.807) is 0 Å². The van der Waals surface area contributed by atoms with Gasteiger partial charge in [-0.1, -0.05) is 0 Å². The fraction of sp³-hybridized carbons (Fsp3) is 0. The van der Waals surface area contributed by atoms with Gasteiger partial charge in [-0.05, 0) is 0 Å². The van der Waals surface area contributed by atoms with Crippen LogP contribution in [0.3, 0.4) is 0 Å². The molecule has 0 spiro atoms. The van der Waals surface area contributed by atoms with Gasteiger partial charge in [0, 0.05) is 0 Å². The van der Waals surface area contributed by atoms with E-state index in [0.29, 0.717) is 0 Å². The van der Waals surface area contributed by atoms with Gasteiger partial charge in [0.15, 0.2) is 0 Å². The monoisotopic (exact) mass is 496 g/mol. The van der Waals surface area contributed by atoms with Gasteiger partial charge in [0.1, 0.15) is 0 Å². The molecule has 4 heavy (non-hydrogen) atoms. The van der Waals surface area contributed by atoms with E-state index in [0.717, 1.165) is 0 Å². The van der Waals surface area contributed by atoms with Gasteiger partial charge in [-0.3, -0.25) is 0 Å². The van der Waals surface area contributed by atoms with Crippen molar-refractivity contribution in [1.82, 2.24) is 0 Å². The van der Waals surface area contributed by atoms with Crippen LogP contribution in [0.15, 0.2) is 0 Å². The zero-order chi connectivity index (χ0) is 2.71. The van der Waals surface area contributed by atoms with Gasteiger partial charge in [0.2, 0.25) is 0 Å². The summed E-state index contributed by atoms with van der Waals surface area (Å²) >= 11 is 4.85. The van der Waals surface area contributed by atoms with Gasteiger partial charge in [0.25, 0.3) is 0 Å². The summed E-state index contributed by atoms with van der Waals surface area (Å²) in [6.45, 7) is 0. The van der Waals surface area contributed by atoms with E-state index >= 15 is 0 Å². The summed E-state index contributed by atoms with van der Waals surface area (Å²) in [4.78, 5) is 0. The van der Waals surface area contributed by atoms with E-state index in [-0.39, 0.29) is 67.3 Å². The van der Waals surface area contributed by atoms with Crippen LogP contribution in [0.1, 0.15) is 0 Å². The first-order valence-corrected chi connectivity index (χ1v) is 31.5. The predicted molar refractivity (Wildman–Crippen MR) is 35.2 cm³/mol. The number of halogens is 2. The molecule has 0 atom stereocenters. The minimum absolute atomic E-state index is 0. The van der Waals surface area contributed by atoms with E-state index in [4.69, 9.17) is 0 Å². The van der Waals surface area contributed by atoms with Crippen molar-refractivity contribution in [1.29, 1.82) is 0 Å². The first kappa shape index (κ1) is 10.9. The molecule has 0 aromatic heterocycles. The maximum atomic E-state index is 2.50. The van der Waals surface area contributed by atoms with Crippen molar-refractivity contribution in [2.45, 2.75) is 0 Å². The average molecular weight is 495 g/mol. The Bertz CT molecular complexity index is 6.00. The Morgan fingerprint density at radius 3 is 1.25 bits per heavy atom. The zero-order valence-corrected chi connectivity index (χ0v) is 11.3. The van der Waals surface area contributed by atoms with Crippen molar-refractivity contribution in [3.05, 3.63) is 0 Å². The number of rotatable bonds is 0. The topological polar surface area (TPSA) is 0 Å². The molecule has 0 aromatic rings. The van der Waals surface area contributed by atoms with Crippen molar-refractivity contribution >= 4 is 86.7 Å². The molecule has 0 N–H and O–H groups in total. The molecule has 0 aliphatic heterocycles. The molecule has 0 radical (unpaired) electrons. The molecule has 0 nitrogen and oxygen atoms in total. The summed E-state index contributed by atoms with van der Waals surface area (Å²) in [5.74, 6) is 0. The average Bonchev–Trinajstić information content (AvgIpc) is 0.918. The van der Waals surface area contributed by atoms with Crippen molar-refractivity contribution in [2.75, 3.05) is 0 Å². The summed E-state index contributed by atoms with van der Waals surface area (Å²) in [6, 6.07) is 0. The first-order valence-electron chi connectivity index (χ1n) is 0.535. The van der Waals surface area contributed by atoms with Crippen LogP contribution in [0.4, 0.5) is 0 Å². The molecule has 0 rings (SSSR count). The maximum absolute atomic E-state index is 2.50. The SMILES string of the molecule is [I][Hg][I].[KH]. The zero-order valence-electron chi connectivity index (χ0n) is 1.46. The fourth-order valence-corrected chi connectivity index (χ4v) is 0. The molecule has 0 fully saturated rings. The van der Waals surface area contributed by atoms with Crippen LogP contribution in [-0.2, 0) is 15.9 Å². The second kappa shape index (κ2) is 10.1. The molecule has 0 saturated carbocycles. The second-order valence-electron chi connectivity index (χ2n) is 0.101. The van der Waals surface area contributed by atoms with E-state index < -0.39 is 0 Å². The fourth-order valence-electron chi connectivity index (χ4n) is 0. The molecule has 0 unspecified atom stereocenters. The second-order valence-corrected chi connectivity index (χ2v) is 39.9. The van der Waals surface area contributed by atoms with Crippen molar-refractivity contribution in [2.24, 2.45) is 0 Å². The third-order valence-electron chi connectivity index (χ3n) is 0. The quantitative estimate of drug-likeness (QED) is 0.350. The summed E-state index contributed by atoms with van der Waals surface area (Å²) in [6.07, 6.45) is 0. The third kappa shape index (κ3) is 9.39. The minimum atomic E-state index is -0.143. The summed E-state index contributed by atoms with van der Waals surface area (Å²) in [5, 5.41) is 0. The van der Waals surface area contributed by atoms with Crippen molar-refractivity contribution in [3.63, 3.8) is 0 Å². The molecule has 0 aliphatic carbocycles. The first-order chi connectivity index (χ1) is 1.41. The predicted octanol–water partition coefficient (Wildman–Crippen LogP) is 1.12. The Morgan fingerprint density at radius 2 is 1.25 bits per heavy atom. The number of hydrogen-bond donors (Lipinski definition) is 0. The van der Waals surface area contributed by atoms with Crippen LogP contribution in [0.5, 0.6) is 0 Å². The van der Waals surface area contributed by atoms with Gasteiger partial charge >= 0.3 is 103 Å². The summed E-state index contributed by atoms with van der Waals surface area (Å²) in [5.41, 5.74) is 0. The molecule has 4 heteroatoms.